The molecule has 0 bridgehead atoms. The van der Waals surface area contributed by atoms with Gasteiger partial charge in [-0.1, -0.05) is 6.07 Å². The molecule has 4 nitrogen and oxygen atoms in total. The summed E-state index contributed by atoms with van der Waals surface area (Å²) in [6, 6.07) is 4.58. The van der Waals surface area contributed by atoms with Crippen molar-refractivity contribution < 1.29 is 13.9 Å². The van der Waals surface area contributed by atoms with Gasteiger partial charge in [0.15, 0.2) is 11.6 Å². The van der Waals surface area contributed by atoms with Crippen LogP contribution in [0, 0.1) is 5.82 Å². The predicted octanol–water partition coefficient (Wildman–Crippen LogP) is 0.942. The Hall–Kier alpha value is -1.62. The molecule has 1 saturated carbocycles. The zero-order valence-corrected chi connectivity index (χ0v) is 9.63. The van der Waals surface area contributed by atoms with E-state index in [1.807, 2.05) is 0 Å². The molecule has 0 radical (unpaired) electrons. The van der Waals surface area contributed by atoms with Gasteiger partial charge in [-0.25, -0.2) is 4.39 Å². The van der Waals surface area contributed by atoms with Gasteiger partial charge in [-0.15, -0.1) is 0 Å². The molecular weight excluding hydrogens is 223 g/mol. The third kappa shape index (κ3) is 2.55. The fourth-order valence-corrected chi connectivity index (χ4v) is 1.54. The highest BCUT2D eigenvalue weighted by molar-refractivity contribution is 5.88. The SMILES string of the molecule is COc1ccc(CNC(=O)C2(N)CC2)cc1F. The van der Waals surface area contributed by atoms with E-state index >= 15 is 0 Å². The molecule has 0 heterocycles. The van der Waals surface area contributed by atoms with E-state index in [9.17, 15) is 9.18 Å². The number of methoxy groups -OCH3 is 1. The Morgan fingerprint density at radius 3 is 2.82 bits per heavy atom. The minimum Gasteiger partial charge on any atom is -0.494 e. The highest BCUT2D eigenvalue weighted by Gasteiger charge is 2.45. The number of nitrogens with two attached hydrogens (primary N) is 1. The molecule has 0 spiro atoms. The van der Waals surface area contributed by atoms with E-state index in [0.717, 1.165) is 12.8 Å². The molecule has 1 aliphatic rings. The lowest BCUT2D eigenvalue weighted by Gasteiger charge is -2.10. The van der Waals surface area contributed by atoms with Crippen LogP contribution in [-0.2, 0) is 11.3 Å². The van der Waals surface area contributed by atoms with Crippen molar-refractivity contribution >= 4 is 5.91 Å². The Labute approximate surface area is 98.9 Å². The molecule has 1 fully saturated rings. The van der Waals surface area contributed by atoms with Gasteiger partial charge >= 0.3 is 0 Å². The zero-order valence-electron chi connectivity index (χ0n) is 9.63. The van der Waals surface area contributed by atoms with Crippen molar-refractivity contribution in [1.29, 1.82) is 0 Å². The monoisotopic (exact) mass is 238 g/mol. The Bertz CT molecular complexity index is 444. The van der Waals surface area contributed by atoms with Crippen molar-refractivity contribution in [3.63, 3.8) is 0 Å². The van der Waals surface area contributed by atoms with Crippen molar-refractivity contribution in [1.82, 2.24) is 5.32 Å². The van der Waals surface area contributed by atoms with Crippen molar-refractivity contribution in [2.24, 2.45) is 5.73 Å². The Morgan fingerprint density at radius 1 is 1.59 bits per heavy atom. The quantitative estimate of drug-likeness (QED) is 0.820. The van der Waals surface area contributed by atoms with Gasteiger partial charge in [0.1, 0.15) is 0 Å². The normalized spacial score (nSPS) is 16.4. The number of carbonyl (C=O) groups excluding carboxylic acids is 1. The Balaban J connectivity index is 1.95. The maximum Gasteiger partial charge on any atom is 0.240 e. The first kappa shape index (κ1) is 11.9. The minimum absolute atomic E-state index is 0.172. The van der Waals surface area contributed by atoms with Crippen LogP contribution in [0.1, 0.15) is 18.4 Å². The summed E-state index contributed by atoms with van der Waals surface area (Å²) in [5.41, 5.74) is 5.72. The van der Waals surface area contributed by atoms with Crippen LogP contribution in [0.3, 0.4) is 0 Å². The fraction of sp³-hybridized carbons (Fsp3) is 0.417. The molecule has 0 saturated heterocycles. The fourth-order valence-electron chi connectivity index (χ4n) is 1.54. The van der Waals surface area contributed by atoms with Crippen LogP contribution in [0.15, 0.2) is 18.2 Å². The summed E-state index contributed by atoms with van der Waals surface area (Å²) in [6.07, 6.45) is 1.44. The second-order valence-electron chi connectivity index (χ2n) is 4.31. The summed E-state index contributed by atoms with van der Waals surface area (Å²) < 4.78 is 18.2. The van der Waals surface area contributed by atoms with Crippen LogP contribution >= 0.6 is 0 Å². The molecule has 2 rings (SSSR count). The van der Waals surface area contributed by atoms with Crippen molar-refractivity contribution in [2.75, 3.05) is 7.11 Å². The van der Waals surface area contributed by atoms with E-state index in [1.165, 1.54) is 19.2 Å². The number of carbonyl (C=O) groups is 1. The van der Waals surface area contributed by atoms with E-state index in [1.54, 1.807) is 6.07 Å². The number of rotatable bonds is 4. The van der Waals surface area contributed by atoms with E-state index in [0.29, 0.717) is 5.56 Å². The molecule has 3 N–H and O–H groups in total. The third-order valence-corrected chi connectivity index (χ3v) is 2.91. The summed E-state index contributed by atoms with van der Waals surface area (Å²) in [5, 5.41) is 2.69. The topological polar surface area (TPSA) is 64.3 Å². The highest BCUT2D eigenvalue weighted by Crippen LogP contribution is 2.32. The second-order valence-corrected chi connectivity index (χ2v) is 4.31. The van der Waals surface area contributed by atoms with Crippen LogP contribution in [0.5, 0.6) is 5.75 Å². The van der Waals surface area contributed by atoms with E-state index < -0.39 is 11.4 Å². The lowest BCUT2D eigenvalue weighted by Crippen LogP contribution is -2.42. The van der Waals surface area contributed by atoms with Gasteiger partial charge in [0.05, 0.1) is 12.6 Å². The number of benzene rings is 1. The first-order valence-corrected chi connectivity index (χ1v) is 5.45. The standard InChI is InChI=1S/C12H15FN2O2/c1-17-10-3-2-8(6-9(10)13)7-15-11(16)12(14)4-5-12/h2-3,6H,4-5,7,14H2,1H3,(H,15,16). The molecule has 1 aromatic rings. The van der Waals surface area contributed by atoms with Gasteiger partial charge in [-0.05, 0) is 30.5 Å². The van der Waals surface area contributed by atoms with Crippen molar-refractivity contribution in [3.8, 4) is 5.75 Å². The molecule has 1 aromatic carbocycles. The molecule has 0 atom stereocenters. The third-order valence-electron chi connectivity index (χ3n) is 2.91. The lowest BCUT2D eigenvalue weighted by molar-refractivity contribution is -0.123. The zero-order chi connectivity index (χ0) is 12.5. The summed E-state index contributed by atoms with van der Waals surface area (Å²) in [4.78, 5) is 11.6. The van der Waals surface area contributed by atoms with Gasteiger partial charge < -0.3 is 15.8 Å². The van der Waals surface area contributed by atoms with E-state index in [2.05, 4.69) is 5.32 Å². The van der Waals surface area contributed by atoms with Gasteiger partial charge in [-0.2, -0.15) is 0 Å². The predicted molar refractivity (Wildman–Crippen MR) is 61.0 cm³/mol. The summed E-state index contributed by atoms with van der Waals surface area (Å²) in [6.45, 7) is 0.276. The molecule has 1 amide bonds. The van der Waals surface area contributed by atoms with Crippen LogP contribution in [-0.4, -0.2) is 18.6 Å². The number of nitrogens with one attached hydrogen (secondary N) is 1. The molecule has 0 aromatic heterocycles. The minimum atomic E-state index is -0.689. The average molecular weight is 238 g/mol. The molecule has 5 heteroatoms. The van der Waals surface area contributed by atoms with Crippen molar-refractivity contribution in [2.45, 2.75) is 24.9 Å². The van der Waals surface area contributed by atoms with Gasteiger partial charge in [0, 0.05) is 6.54 Å². The number of ether oxygens (including phenoxy) is 1. The van der Waals surface area contributed by atoms with E-state index in [-0.39, 0.29) is 18.2 Å². The van der Waals surface area contributed by atoms with Gasteiger partial charge in [0.2, 0.25) is 5.91 Å². The highest BCUT2D eigenvalue weighted by atomic mass is 19.1. The number of hydrogen-bond acceptors (Lipinski definition) is 3. The van der Waals surface area contributed by atoms with Crippen LogP contribution < -0.4 is 15.8 Å². The van der Waals surface area contributed by atoms with Crippen LogP contribution in [0.4, 0.5) is 4.39 Å². The summed E-state index contributed by atoms with van der Waals surface area (Å²) in [7, 11) is 1.41. The number of halogens is 1. The first-order valence-electron chi connectivity index (χ1n) is 5.45. The van der Waals surface area contributed by atoms with Crippen molar-refractivity contribution in [3.05, 3.63) is 29.6 Å². The second kappa shape index (κ2) is 4.33. The molecule has 17 heavy (non-hydrogen) atoms. The largest absolute Gasteiger partial charge is 0.494 e. The maximum absolute atomic E-state index is 13.4. The number of hydrogen-bond donors (Lipinski definition) is 2. The summed E-state index contributed by atoms with van der Waals surface area (Å²) in [5.74, 6) is -0.417. The molecule has 0 aliphatic heterocycles. The maximum atomic E-state index is 13.4. The Morgan fingerprint density at radius 2 is 2.29 bits per heavy atom. The van der Waals surface area contributed by atoms with Gasteiger partial charge in [0.25, 0.3) is 0 Å². The van der Waals surface area contributed by atoms with Crippen LogP contribution in [0.2, 0.25) is 0 Å². The first-order chi connectivity index (χ1) is 8.05. The summed E-state index contributed by atoms with van der Waals surface area (Å²) >= 11 is 0. The van der Waals surface area contributed by atoms with E-state index in [4.69, 9.17) is 10.5 Å². The lowest BCUT2D eigenvalue weighted by atomic mass is 10.2. The smallest absolute Gasteiger partial charge is 0.240 e. The number of amides is 1. The van der Waals surface area contributed by atoms with Gasteiger partial charge in [-0.3, -0.25) is 4.79 Å². The molecular formula is C12H15FN2O2. The molecule has 0 unspecified atom stereocenters. The molecule has 92 valence electrons. The molecule has 1 aliphatic carbocycles. The Kier molecular flexibility index (Phi) is 3.02. The van der Waals surface area contributed by atoms with Crippen LogP contribution in [0.25, 0.3) is 0 Å². The average Bonchev–Trinajstić information content (AvgIpc) is 3.06.